The summed E-state index contributed by atoms with van der Waals surface area (Å²) in [6.07, 6.45) is 1.54. The molecule has 124 valence electrons. The fourth-order valence-electron chi connectivity index (χ4n) is 2.68. The number of fused-ring (bicyclic) bond motifs is 2. The Morgan fingerprint density at radius 1 is 1.16 bits per heavy atom. The molecule has 0 saturated heterocycles. The first kappa shape index (κ1) is 20.0. The van der Waals surface area contributed by atoms with Gasteiger partial charge in [-0.1, -0.05) is 13.8 Å². The summed E-state index contributed by atoms with van der Waals surface area (Å²) in [5.74, 6) is -1.29. The zero-order chi connectivity index (χ0) is 17.6. The topological polar surface area (TPSA) is 93.4 Å². The number of hydrogen-bond donors (Lipinski definition) is 0. The van der Waals surface area contributed by atoms with Crippen molar-refractivity contribution >= 4 is 39.1 Å². The maximum atomic E-state index is 12.8. The zero-order valence-electron chi connectivity index (χ0n) is 14.4. The molecule has 0 fully saturated rings. The van der Waals surface area contributed by atoms with Crippen LogP contribution in [-0.4, -0.2) is 16.8 Å². The van der Waals surface area contributed by atoms with Gasteiger partial charge in [0.25, 0.3) is 0 Å². The maximum Gasteiger partial charge on any atom is 1.00 e. The van der Waals surface area contributed by atoms with Crippen LogP contribution in [0.3, 0.4) is 0 Å². The van der Waals surface area contributed by atoms with E-state index in [9.17, 15) is 19.2 Å². The Morgan fingerprint density at radius 2 is 1.84 bits per heavy atom. The average molecular weight is 366 g/mol. The molecule has 0 aliphatic rings. The summed E-state index contributed by atoms with van der Waals surface area (Å²) < 4.78 is 17.8. The van der Waals surface area contributed by atoms with Crippen molar-refractivity contribution in [1.29, 1.82) is 0 Å². The molecule has 1 heterocycles. The summed E-state index contributed by atoms with van der Waals surface area (Å²) >= 11 is -1.25. The molecular weight excluding hydrogens is 351 g/mol. The van der Waals surface area contributed by atoms with Gasteiger partial charge in [0.1, 0.15) is 17.4 Å². The Morgan fingerprint density at radius 3 is 2.40 bits per heavy atom. The van der Waals surface area contributed by atoms with E-state index < -0.39 is 17.1 Å². The Hall–Kier alpha value is -1.31. The van der Waals surface area contributed by atoms with E-state index in [4.69, 9.17) is 4.42 Å². The number of carboxylic acids is 1. The molecule has 0 radical (unpaired) electrons. The quantitative estimate of drug-likeness (QED) is 0.343. The summed E-state index contributed by atoms with van der Waals surface area (Å²) in [6.45, 7) is 3.92. The summed E-state index contributed by atoms with van der Waals surface area (Å²) in [4.78, 5) is 24.4. The normalized spacial score (nSPS) is 12.4. The van der Waals surface area contributed by atoms with Crippen LogP contribution in [-0.2, 0) is 11.2 Å². The monoisotopic (exact) mass is 366 g/mol. The van der Waals surface area contributed by atoms with Crippen LogP contribution in [0.5, 0.6) is 0 Å². The van der Waals surface area contributed by atoms with Crippen LogP contribution in [0, 0.1) is 0 Å². The number of carbonyl (C=O) groups excluding carboxylic acids is 1. The van der Waals surface area contributed by atoms with Gasteiger partial charge in [-0.05, 0) is 40.9 Å². The minimum Gasteiger partial charge on any atom is -0.612 e. The molecule has 0 amide bonds. The van der Waals surface area contributed by atoms with Crippen molar-refractivity contribution in [2.24, 2.45) is 0 Å². The van der Waals surface area contributed by atoms with Gasteiger partial charge < -0.3 is 18.9 Å². The standard InChI is InChI=1S/C18H16O5S.Na/c1-9(2)12-7-11(24(3)22)8-14-16(19)13-6-10(18(20)21)4-5-15(13)23-17(12)14;/h4-9H,1-3H3,(H,20,21);/q;+1/p-1. The first-order chi connectivity index (χ1) is 11.3. The van der Waals surface area contributed by atoms with E-state index >= 15 is 0 Å². The van der Waals surface area contributed by atoms with Crippen molar-refractivity contribution in [2.75, 3.05) is 6.26 Å². The predicted octanol–water partition coefficient (Wildman–Crippen LogP) is -0.825. The van der Waals surface area contributed by atoms with Crippen LogP contribution in [0.25, 0.3) is 21.9 Å². The predicted molar refractivity (Wildman–Crippen MR) is 90.7 cm³/mol. The number of carbonyl (C=O) groups is 1. The van der Waals surface area contributed by atoms with Crippen molar-refractivity contribution in [3.8, 4) is 0 Å². The molecule has 0 N–H and O–H groups in total. The number of benzene rings is 2. The van der Waals surface area contributed by atoms with Crippen LogP contribution < -0.4 is 40.1 Å². The smallest absolute Gasteiger partial charge is 0.612 e. The van der Waals surface area contributed by atoms with E-state index in [2.05, 4.69) is 0 Å². The van der Waals surface area contributed by atoms with Crippen LogP contribution in [0.15, 0.2) is 44.4 Å². The number of aromatic carboxylic acids is 1. The van der Waals surface area contributed by atoms with E-state index in [-0.39, 0.29) is 51.9 Å². The molecule has 0 spiro atoms. The summed E-state index contributed by atoms with van der Waals surface area (Å²) in [5, 5.41) is 11.5. The van der Waals surface area contributed by atoms with Crippen LogP contribution >= 0.6 is 0 Å². The largest absolute Gasteiger partial charge is 1.00 e. The average Bonchev–Trinajstić information content (AvgIpc) is 2.53. The van der Waals surface area contributed by atoms with Gasteiger partial charge in [-0.3, -0.25) is 4.79 Å². The summed E-state index contributed by atoms with van der Waals surface area (Å²) in [6, 6.07) is 7.39. The molecule has 2 aromatic carbocycles. The number of hydrogen-bond acceptors (Lipinski definition) is 5. The van der Waals surface area contributed by atoms with E-state index in [0.717, 1.165) is 5.56 Å². The summed E-state index contributed by atoms with van der Waals surface area (Å²) in [5.41, 5.74) is 1.11. The molecule has 0 saturated carbocycles. The fraction of sp³-hybridized carbons (Fsp3) is 0.222. The minimum atomic E-state index is -1.36. The van der Waals surface area contributed by atoms with E-state index in [0.29, 0.717) is 21.4 Å². The van der Waals surface area contributed by atoms with Gasteiger partial charge in [-0.25, -0.2) is 0 Å². The molecule has 5 nitrogen and oxygen atoms in total. The molecule has 1 unspecified atom stereocenters. The second-order valence-corrected chi connectivity index (χ2v) is 7.31. The van der Waals surface area contributed by atoms with Crippen molar-refractivity contribution in [2.45, 2.75) is 24.7 Å². The Labute approximate surface area is 169 Å². The van der Waals surface area contributed by atoms with Crippen molar-refractivity contribution in [1.82, 2.24) is 0 Å². The fourth-order valence-corrected chi connectivity index (χ4v) is 3.26. The molecule has 1 atom stereocenters. The first-order valence-electron chi connectivity index (χ1n) is 7.39. The van der Waals surface area contributed by atoms with Crippen molar-refractivity contribution < 1.29 is 48.4 Å². The number of rotatable bonds is 3. The molecule has 3 aromatic rings. The molecule has 3 rings (SSSR count). The Balaban J connectivity index is 0.00000225. The molecule has 0 aliphatic carbocycles. The molecule has 0 aliphatic heterocycles. The van der Waals surface area contributed by atoms with Crippen molar-refractivity contribution in [3.63, 3.8) is 0 Å². The van der Waals surface area contributed by atoms with Gasteiger partial charge in [-0.2, -0.15) is 0 Å². The SMILES string of the molecule is CC(C)c1cc([S+](C)[O-])cc2c(=O)c3cc(C(=O)[O-])ccc3oc12.[Na+]. The van der Waals surface area contributed by atoms with Crippen LogP contribution in [0.4, 0.5) is 0 Å². The zero-order valence-corrected chi connectivity index (χ0v) is 17.2. The Bertz CT molecular complexity index is 1020. The van der Waals surface area contributed by atoms with Gasteiger partial charge in [0.15, 0.2) is 4.90 Å². The minimum absolute atomic E-state index is 0. The second-order valence-electron chi connectivity index (χ2n) is 5.93. The van der Waals surface area contributed by atoms with E-state index in [1.807, 2.05) is 13.8 Å². The van der Waals surface area contributed by atoms with Crippen LogP contribution in [0.1, 0.15) is 35.7 Å². The summed E-state index contributed by atoms with van der Waals surface area (Å²) in [7, 11) is 0. The third kappa shape index (κ3) is 3.64. The van der Waals surface area contributed by atoms with E-state index in [1.165, 1.54) is 18.2 Å². The van der Waals surface area contributed by atoms with Gasteiger partial charge in [0.05, 0.1) is 16.7 Å². The molecular formula is C18H15NaO5S. The number of carboxylic acid groups (broad SMARTS) is 1. The van der Waals surface area contributed by atoms with Gasteiger partial charge >= 0.3 is 29.6 Å². The van der Waals surface area contributed by atoms with Gasteiger partial charge in [0, 0.05) is 17.7 Å². The van der Waals surface area contributed by atoms with E-state index in [1.54, 1.807) is 18.4 Å². The van der Waals surface area contributed by atoms with Gasteiger partial charge in [0.2, 0.25) is 5.43 Å². The molecule has 1 aromatic heterocycles. The third-order valence-corrected chi connectivity index (χ3v) is 4.86. The second kappa shape index (κ2) is 7.51. The van der Waals surface area contributed by atoms with Crippen molar-refractivity contribution in [3.05, 3.63) is 51.7 Å². The molecule has 7 heteroatoms. The Kier molecular flexibility index (Phi) is 6.01. The van der Waals surface area contributed by atoms with Gasteiger partial charge in [-0.15, -0.1) is 0 Å². The maximum absolute atomic E-state index is 12.8. The molecule has 25 heavy (non-hydrogen) atoms. The third-order valence-electron chi connectivity index (χ3n) is 3.96. The molecule has 0 bridgehead atoms. The first-order valence-corrected chi connectivity index (χ1v) is 8.94. The van der Waals surface area contributed by atoms with Crippen LogP contribution in [0.2, 0.25) is 0 Å².